The van der Waals surface area contributed by atoms with Gasteiger partial charge in [0.1, 0.15) is 59.2 Å². The fourth-order valence-corrected chi connectivity index (χ4v) is 9.06. The number of hydrogen-bond donors (Lipinski definition) is 3. The highest BCUT2D eigenvalue weighted by Crippen LogP contribution is 2.28. The zero-order chi connectivity index (χ0) is 83.1. The van der Waals surface area contributed by atoms with Crippen molar-refractivity contribution in [3.05, 3.63) is 289 Å². The number of carbonyl (C=O) groups is 8. The van der Waals surface area contributed by atoms with Crippen LogP contribution in [0.2, 0.25) is 0 Å². The number of benzene rings is 8. The molecule has 2 heterocycles. The summed E-state index contributed by atoms with van der Waals surface area (Å²) in [5.74, 6) is 0.0263. The maximum Gasteiger partial charge on any atom is 0.353 e. The largest absolute Gasteiger partial charge is 0.508 e. The molecule has 2 aliphatic heterocycles. The fraction of sp³-hybridized carbons (Fsp3) is 0.217. The van der Waals surface area contributed by atoms with E-state index in [0.29, 0.717) is 36.0 Å². The molecule has 1 atom stereocenters. The standard InChI is InChI=1S/C25H22O5.C15H16O2.2C11H10O6S.C10H8O4.2C4H8O.CH3ClO2S.2CH4/c1-3-19-16-22(14-15-23(19)28-17-18-8-6-5-7-9-18)30-25(27)20-10-12-21(13-11-20)29-24(26)4-2;1-2-13-10-14(16)8-9-15(13)17-11-12-6-4-3-5-7-12;2*1-3-10(12)16-9-6-4-8(5-7-9)11(13)17-18(2,14)15;1-2-9(11)14-8-5-3-7(4-6-8)10(12)13;2*1-2-4-5-3-1;1-5(2,3)4;;/h4-16H,2-3,17H2,1H3;3-10,16H,2,11H2,1H3;2*3-7H,1H2,2H3;2-6H,1H2,(H,12,13);2*1-4H2;1H2,(H,3,4);2*1H4. The lowest BCUT2D eigenvalue weighted by molar-refractivity contribution is -0.129. The molecule has 0 radical (unpaired) electrons. The molecule has 3 N–H and O–H groups in total. The smallest absolute Gasteiger partial charge is 0.353 e. The number of rotatable bonds is 23. The molecule has 0 bridgehead atoms. The van der Waals surface area contributed by atoms with Gasteiger partial charge in [-0.15, -0.1) is 0 Å². The van der Waals surface area contributed by atoms with E-state index in [-0.39, 0.29) is 48.8 Å². The van der Waals surface area contributed by atoms with Crippen LogP contribution in [0.15, 0.2) is 245 Å². The SMILES string of the molecule is C.C.C1CCOC1.C1CCOC1.C=CC(=O)Oc1ccc(C(=O)O)cc1.C=CC(=O)Oc1ccc(C(=O)OS(C)(=O)=O)cc1.C=CC(=O)Oc1ccc(C(=O)OS(C)(=O)=O)cc1.C=CC(=O)Oc1ccc(C(=O)Oc2ccc(OCc3ccccc3)c(CC)c2)cc1.C=S(=O)(O)Cl.CCc1cc(O)ccc1OCc1ccccc1. The van der Waals surface area contributed by atoms with Crippen LogP contribution in [0.5, 0.6) is 46.0 Å². The molecule has 1 unspecified atom stereocenters. The van der Waals surface area contributed by atoms with E-state index in [1.165, 1.54) is 123 Å². The van der Waals surface area contributed by atoms with Crippen LogP contribution in [0.3, 0.4) is 0 Å². The topological polar surface area (TPSA) is 384 Å². The van der Waals surface area contributed by atoms with Crippen molar-refractivity contribution in [3.8, 4) is 46.0 Å². The molecule has 2 saturated heterocycles. The van der Waals surface area contributed by atoms with Gasteiger partial charge in [0.2, 0.25) is 0 Å². The zero-order valence-corrected chi connectivity index (χ0v) is 64.8. The van der Waals surface area contributed by atoms with E-state index in [1.54, 1.807) is 24.3 Å². The van der Waals surface area contributed by atoms with Gasteiger partial charge in [-0.2, -0.15) is 16.8 Å². The van der Waals surface area contributed by atoms with Crippen LogP contribution in [0, 0.1) is 0 Å². The van der Waals surface area contributed by atoms with Crippen molar-refractivity contribution in [1.82, 2.24) is 0 Å². The number of carboxylic acid groups (broad SMARTS) is 1. The van der Waals surface area contributed by atoms with E-state index >= 15 is 0 Å². The summed E-state index contributed by atoms with van der Waals surface area (Å²) in [4.78, 5) is 89.2. The number of aromatic carboxylic acids is 1. The van der Waals surface area contributed by atoms with Crippen molar-refractivity contribution in [2.24, 2.45) is 0 Å². The molecule has 27 nitrogen and oxygen atoms in total. The first-order valence-electron chi connectivity index (χ1n) is 33.5. The maximum atomic E-state index is 12.4. The quantitative estimate of drug-likeness (QED) is 0.0134. The second-order valence-corrected chi connectivity index (χ2v) is 28.2. The Hall–Kier alpha value is -12.0. The Morgan fingerprint density at radius 3 is 0.974 bits per heavy atom. The lowest BCUT2D eigenvalue weighted by Crippen LogP contribution is -2.11. The predicted octanol–water partition coefficient (Wildman–Crippen LogP) is 15.1. The van der Waals surface area contributed by atoms with Crippen molar-refractivity contribution in [1.29, 1.82) is 0 Å². The zero-order valence-electron chi connectivity index (χ0n) is 61.5. The number of phenolic OH excluding ortho intramolecular Hbond substituents is 1. The number of hydrogen-bond acceptors (Lipinski definition) is 25. The molecule has 0 aliphatic carbocycles. The minimum atomic E-state index is -3.85. The van der Waals surface area contributed by atoms with Crippen LogP contribution >= 0.6 is 10.7 Å². The summed E-state index contributed by atoms with van der Waals surface area (Å²) in [5.41, 5.74) is 4.74. The van der Waals surface area contributed by atoms with Crippen LogP contribution in [0.1, 0.15) is 118 Å². The molecule has 8 aromatic rings. The van der Waals surface area contributed by atoms with Crippen molar-refractivity contribution in [2.45, 2.75) is 80.4 Å². The van der Waals surface area contributed by atoms with Gasteiger partial charge in [-0.1, -0.05) is 116 Å². The fourth-order valence-electron chi connectivity index (χ4n) is 8.32. The number of phenols is 1. The summed E-state index contributed by atoms with van der Waals surface area (Å²) in [7, 11) is -6.40. The molecule has 10 rings (SSSR count). The minimum Gasteiger partial charge on any atom is -0.508 e. The lowest BCUT2D eigenvalue weighted by atomic mass is 10.1. The first-order valence-corrected chi connectivity index (χ1v) is 39.6. The van der Waals surface area contributed by atoms with Crippen LogP contribution in [0.25, 0.3) is 0 Å². The van der Waals surface area contributed by atoms with Gasteiger partial charge in [0.15, 0.2) is 9.02 Å². The molecule has 0 aromatic heterocycles. The molecule has 31 heteroatoms. The van der Waals surface area contributed by atoms with E-state index in [4.69, 9.17) is 52.3 Å². The van der Waals surface area contributed by atoms with E-state index in [1.807, 2.05) is 86.6 Å². The maximum absolute atomic E-state index is 12.4. The molecule has 0 spiro atoms. The molecule has 8 aromatic carbocycles. The Morgan fingerprint density at radius 2 is 0.702 bits per heavy atom. The third-order valence-electron chi connectivity index (χ3n) is 13.5. The number of aromatic hydroxyl groups is 1. The van der Waals surface area contributed by atoms with Crippen molar-refractivity contribution >= 4 is 93.6 Å². The summed E-state index contributed by atoms with van der Waals surface area (Å²) in [5, 5.41) is 18.0. The van der Waals surface area contributed by atoms with Crippen LogP contribution < -0.4 is 33.2 Å². The Bertz CT molecular complexity index is 4600. The first-order chi connectivity index (χ1) is 53.1. The average Bonchev–Trinajstić information content (AvgIpc) is 1.62. The van der Waals surface area contributed by atoms with E-state index in [2.05, 4.69) is 51.2 Å². The van der Waals surface area contributed by atoms with Gasteiger partial charge in [0.25, 0.3) is 0 Å². The number of esters is 5. The van der Waals surface area contributed by atoms with Crippen molar-refractivity contribution in [2.75, 3.05) is 38.9 Å². The summed E-state index contributed by atoms with van der Waals surface area (Å²) in [6, 6.07) is 52.6. The number of ether oxygens (including phenoxy) is 9. The van der Waals surface area contributed by atoms with Crippen LogP contribution in [-0.2, 0) is 92.3 Å². The first kappa shape index (κ1) is 100.0. The van der Waals surface area contributed by atoms with E-state index in [9.17, 15) is 64.5 Å². The predicted molar refractivity (Wildman–Crippen MR) is 434 cm³/mol. The Balaban J connectivity index is 0.000000690. The summed E-state index contributed by atoms with van der Waals surface area (Å²) < 4.78 is 115. The highest BCUT2D eigenvalue weighted by Gasteiger charge is 2.17. The van der Waals surface area contributed by atoms with E-state index in [0.717, 1.165) is 110 Å². The van der Waals surface area contributed by atoms with Crippen molar-refractivity contribution in [3.63, 3.8) is 0 Å². The van der Waals surface area contributed by atoms with Crippen LogP contribution in [0.4, 0.5) is 0 Å². The third kappa shape index (κ3) is 44.7. The van der Waals surface area contributed by atoms with Gasteiger partial charge in [-0.05, 0) is 200 Å². The highest BCUT2D eigenvalue weighted by molar-refractivity contribution is 8.16. The monoisotopic (exact) mass is 1650 g/mol. The molecule has 0 amide bonds. The number of carboxylic acids is 1. The molecule has 114 heavy (non-hydrogen) atoms. The second-order valence-electron chi connectivity index (χ2n) is 22.5. The summed E-state index contributed by atoms with van der Waals surface area (Å²) in [6.45, 7) is 22.1. The van der Waals surface area contributed by atoms with Gasteiger partial charge in [0, 0.05) is 61.4 Å². The lowest BCUT2D eigenvalue weighted by Gasteiger charge is -2.12. The van der Waals surface area contributed by atoms with Gasteiger partial charge in [-0.25, -0.2) is 42.6 Å². The molecule has 2 fully saturated rings. The Morgan fingerprint density at radius 1 is 0.421 bits per heavy atom. The average molecular weight is 1650 g/mol. The molecule has 0 saturated carbocycles. The number of aryl methyl sites for hydroxylation is 2. The van der Waals surface area contributed by atoms with Gasteiger partial charge < -0.3 is 65.8 Å². The second kappa shape index (κ2) is 53.8. The Labute approximate surface area is 669 Å². The molecular formula is C83H93ClO27S3. The molecular weight excluding hydrogens is 1560 g/mol. The van der Waals surface area contributed by atoms with Gasteiger partial charge in [0.05, 0.1) is 34.8 Å². The normalized spacial score (nSPS) is 11.7. The van der Waals surface area contributed by atoms with Gasteiger partial charge >= 0.3 is 68.0 Å². The number of halogens is 1. The third-order valence-corrected chi connectivity index (χ3v) is 14.5. The number of carbonyl (C=O) groups excluding carboxylic acids is 7. The van der Waals surface area contributed by atoms with Crippen molar-refractivity contribution < 1.29 is 125 Å². The molecule has 612 valence electrons. The van der Waals surface area contributed by atoms with Crippen LogP contribution in [-0.4, -0.2) is 128 Å². The Kier molecular flexibility index (Phi) is 47.2. The highest BCUT2D eigenvalue weighted by atomic mass is 35.7. The van der Waals surface area contributed by atoms with Gasteiger partial charge in [-0.3, -0.25) is 0 Å². The summed E-state index contributed by atoms with van der Waals surface area (Å²) >= 11 is 0. The van der Waals surface area contributed by atoms with E-state index < -0.39 is 77.0 Å². The summed E-state index contributed by atoms with van der Waals surface area (Å²) in [6.07, 6.45) is 12.3. The minimum absolute atomic E-state index is 0. The molecule has 2 aliphatic rings.